The third-order valence-corrected chi connectivity index (χ3v) is 4.11. The fraction of sp³-hybridized carbons (Fsp3) is 0.231. The fourth-order valence-corrected chi connectivity index (χ4v) is 2.75. The molecule has 8 heteroatoms. The lowest BCUT2D eigenvalue weighted by atomic mass is 10.2. The SMILES string of the molecule is Cc1cc(CNc2ncc(C(=O)O)cc2[N+](=O)[O-])sc1C. The van der Waals surface area contributed by atoms with Crippen molar-refractivity contribution in [3.05, 3.63) is 49.3 Å². The zero-order valence-corrected chi connectivity index (χ0v) is 12.2. The van der Waals surface area contributed by atoms with Gasteiger partial charge in [-0.25, -0.2) is 9.78 Å². The van der Waals surface area contributed by atoms with E-state index >= 15 is 0 Å². The van der Waals surface area contributed by atoms with Gasteiger partial charge in [0.25, 0.3) is 0 Å². The molecule has 0 radical (unpaired) electrons. The first-order valence-electron chi connectivity index (χ1n) is 6.06. The summed E-state index contributed by atoms with van der Waals surface area (Å²) in [6.07, 6.45) is 1.10. The molecular weight excluding hydrogens is 294 g/mol. The van der Waals surface area contributed by atoms with Crippen molar-refractivity contribution in [3.63, 3.8) is 0 Å². The number of hydrogen-bond acceptors (Lipinski definition) is 6. The summed E-state index contributed by atoms with van der Waals surface area (Å²) in [6.45, 7) is 4.41. The van der Waals surface area contributed by atoms with Crippen LogP contribution in [0.3, 0.4) is 0 Å². The summed E-state index contributed by atoms with van der Waals surface area (Å²) < 4.78 is 0. The van der Waals surface area contributed by atoms with Crippen LogP contribution in [0, 0.1) is 24.0 Å². The third kappa shape index (κ3) is 3.34. The van der Waals surface area contributed by atoms with Crippen LogP contribution in [0.15, 0.2) is 18.3 Å². The van der Waals surface area contributed by atoms with Gasteiger partial charge in [0.15, 0.2) is 0 Å². The molecule has 0 saturated heterocycles. The van der Waals surface area contributed by atoms with Gasteiger partial charge in [-0.15, -0.1) is 11.3 Å². The number of aromatic nitrogens is 1. The van der Waals surface area contributed by atoms with Crippen molar-refractivity contribution in [3.8, 4) is 0 Å². The van der Waals surface area contributed by atoms with E-state index in [1.807, 2.05) is 19.9 Å². The summed E-state index contributed by atoms with van der Waals surface area (Å²) in [4.78, 5) is 27.2. The van der Waals surface area contributed by atoms with Gasteiger partial charge in [0.05, 0.1) is 17.0 Å². The minimum atomic E-state index is -1.25. The van der Waals surface area contributed by atoms with Crippen LogP contribution >= 0.6 is 11.3 Å². The molecule has 7 nitrogen and oxygen atoms in total. The average molecular weight is 307 g/mol. The zero-order chi connectivity index (χ0) is 15.6. The molecule has 0 aromatic carbocycles. The highest BCUT2D eigenvalue weighted by molar-refractivity contribution is 7.12. The molecule has 0 fully saturated rings. The highest BCUT2D eigenvalue weighted by atomic mass is 32.1. The second-order valence-corrected chi connectivity index (χ2v) is 5.80. The first-order valence-corrected chi connectivity index (χ1v) is 6.87. The lowest BCUT2D eigenvalue weighted by Crippen LogP contribution is -2.06. The Morgan fingerprint density at radius 2 is 2.19 bits per heavy atom. The number of pyridine rings is 1. The summed E-state index contributed by atoms with van der Waals surface area (Å²) in [7, 11) is 0. The van der Waals surface area contributed by atoms with Crippen LogP contribution in [0.1, 0.15) is 25.7 Å². The van der Waals surface area contributed by atoms with Crippen molar-refractivity contribution in [2.75, 3.05) is 5.32 Å². The second-order valence-electron chi connectivity index (χ2n) is 4.46. The average Bonchev–Trinajstić information content (AvgIpc) is 2.75. The quantitative estimate of drug-likeness (QED) is 0.650. The number of hydrogen-bond donors (Lipinski definition) is 2. The van der Waals surface area contributed by atoms with Crippen molar-refractivity contribution < 1.29 is 14.8 Å². The summed E-state index contributed by atoms with van der Waals surface area (Å²) in [5.74, 6) is -1.18. The normalized spacial score (nSPS) is 10.4. The smallest absolute Gasteiger partial charge is 0.337 e. The molecule has 21 heavy (non-hydrogen) atoms. The third-order valence-electron chi connectivity index (χ3n) is 2.96. The van der Waals surface area contributed by atoms with Crippen LogP contribution in [0.4, 0.5) is 11.5 Å². The number of rotatable bonds is 5. The first kappa shape index (κ1) is 14.9. The molecular formula is C13H13N3O4S. The van der Waals surface area contributed by atoms with E-state index in [2.05, 4.69) is 10.3 Å². The van der Waals surface area contributed by atoms with Gasteiger partial charge in [-0.2, -0.15) is 0 Å². The molecule has 2 heterocycles. The number of thiophene rings is 1. The maximum atomic E-state index is 11.0. The molecule has 2 N–H and O–H groups in total. The minimum absolute atomic E-state index is 0.0636. The number of nitrogens with zero attached hydrogens (tertiary/aromatic N) is 2. The lowest BCUT2D eigenvalue weighted by molar-refractivity contribution is -0.384. The van der Waals surface area contributed by atoms with Crippen LogP contribution in [0.2, 0.25) is 0 Å². The number of nitro groups is 1. The van der Waals surface area contributed by atoms with Gasteiger partial charge >= 0.3 is 11.7 Å². The van der Waals surface area contributed by atoms with E-state index in [9.17, 15) is 14.9 Å². The Kier molecular flexibility index (Phi) is 4.18. The Morgan fingerprint density at radius 1 is 1.48 bits per heavy atom. The van der Waals surface area contributed by atoms with E-state index in [4.69, 9.17) is 5.11 Å². The molecule has 0 amide bonds. The van der Waals surface area contributed by atoms with Crippen molar-refractivity contribution in [2.45, 2.75) is 20.4 Å². The predicted molar refractivity (Wildman–Crippen MR) is 79.0 cm³/mol. The minimum Gasteiger partial charge on any atom is -0.478 e. The molecule has 0 aliphatic carbocycles. The summed E-state index contributed by atoms with van der Waals surface area (Å²) in [5.41, 5.74) is 0.607. The molecule has 0 unspecified atom stereocenters. The van der Waals surface area contributed by atoms with Crippen molar-refractivity contribution in [1.29, 1.82) is 0 Å². The first-order chi connectivity index (χ1) is 9.88. The summed E-state index contributed by atoms with van der Waals surface area (Å²) in [5, 5.41) is 22.7. The van der Waals surface area contributed by atoms with Gasteiger partial charge in [0, 0.05) is 22.0 Å². The van der Waals surface area contributed by atoms with Gasteiger partial charge in [0.2, 0.25) is 5.82 Å². The molecule has 2 rings (SSSR count). The Morgan fingerprint density at radius 3 is 2.71 bits per heavy atom. The van der Waals surface area contributed by atoms with Gasteiger partial charge in [0.1, 0.15) is 0 Å². The molecule has 2 aromatic rings. The van der Waals surface area contributed by atoms with E-state index < -0.39 is 10.9 Å². The number of carboxylic acid groups (broad SMARTS) is 1. The molecule has 0 aliphatic rings. The van der Waals surface area contributed by atoms with Gasteiger partial charge in [-0.1, -0.05) is 0 Å². The Balaban J connectivity index is 2.23. The highest BCUT2D eigenvalue weighted by Gasteiger charge is 2.18. The van der Waals surface area contributed by atoms with Crippen molar-refractivity contribution >= 4 is 28.8 Å². The van der Waals surface area contributed by atoms with Gasteiger partial charge in [-0.05, 0) is 25.5 Å². The fourth-order valence-electron chi connectivity index (χ4n) is 1.75. The number of carboxylic acids is 1. The topological polar surface area (TPSA) is 105 Å². The van der Waals surface area contributed by atoms with E-state index in [-0.39, 0.29) is 17.1 Å². The maximum Gasteiger partial charge on any atom is 0.337 e. The Hall–Kier alpha value is -2.48. The largest absolute Gasteiger partial charge is 0.478 e. The van der Waals surface area contributed by atoms with Crippen molar-refractivity contribution in [2.24, 2.45) is 0 Å². The number of aryl methyl sites for hydroxylation is 2. The van der Waals surface area contributed by atoms with Crippen LogP contribution < -0.4 is 5.32 Å². The van der Waals surface area contributed by atoms with E-state index in [0.717, 1.165) is 17.1 Å². The number of carbonyl (C=O) groups is 1. The summed E-state index contributed by atoms with van der Waals surface area (Å²) >= 11 is 1.60. The van der Waals surface area contributed by atoms with Crippen LogP contribution in [-0.4, -0.2) is 21.0 Å². The molecule has 0 saturated carbocycles. The number of anilines is 1. The monoisotopic (exact) mass is 307 g/mol. The van der Waals surface area contributed by atoms with E-state index in [0.29, 0.717) is 6.54 Å². The van der Waals surface area contributed by atoms with Crippen LogP contribution in [0.5, 0.6) is 0 Å². The van der Waals surface area contributed by atoms with Crippen molar-refractivity contribution in [1.82, 2.24) is 4.98 Å². The molecule has 0 atom stereocenters. The lowest BCUT2D eigenvalue weighted by Gasteiger charge is -2.05. The Labute approximate surface area is 124 Å². The molecule has 2 aromatic heterocycles. The molecule has 0 bridgehead atoms. The molecule has 110 valence electrons. The highest BCUT2D eigenvalue weighted by Crippen LogP contribution is 2.25. The number of aromatic carboxylic acids is 1. The summed E-state index contributed by atoms with van der Waals surface area (Å²) in [6, 6.07) is 3.01. The molecule has 0 aliphatic heterocycles. The zero-order valence-electron chi connectivity index (χ0n) is 11.4. The van der Waals surface area contributed by atoms with E-state index in [1.165, 1.54) is 10.4 Å². The Bertz CT molecular complexity index is 692. The molecule has 0 spiro atoms. The van der Waals surface area contributed by atoms with Crippen LogP contribution in [0.25, 0.3) is 0 Å². The standard InChI is InChI=1S/C13H13N3O4S/c1-7-3-10(21-8(7)2)6-15-12-11(16(19)20)4-9(5-14-12)13(17)18/h3-5H,6H2,1-2H3,(H,14,15)(H,17,18). The predicted octanol–water partition coefficient (Wildman–Crippen LogP) is 2.98. The van der Waals surface area contributed by atoms with Gasteiger partial charge < -0.3 is 10.4 Å². The maximum absolute atomic E-state index is 11.0. The van der Waals surface area contributed by atoms with Crippen LogP contribution in [-0.2, 0) is 6.54 Å². The number of nitrogens with one attached hydrogen (secondary N) is 1. The van der Waals surface area contributed by atoms with Gasteiger partial charge in [-0.3, -0.25) is 10.1 Å². The second kappa shape index (κ2) is 5.88. The van der Waals surface area contributed by atoms with E-state index in [1.54, 1.807) is 11.3 Å².